The molecular formula is C32H44FN5O6. The maximum Gasteiger partial charge on any atom is 0.416 e. The zero-order valence-electron chi connectivity index (χ0n) is 26.1. The van der Waals surface area contributed by atoms with E-state index in [1.54, 1.807) is 19.9 Å². The molecule has 1 aromatic carbocycles. The number of rotatable bonds is 16. The molecule has 11 nitrogen and oxygen atoms in total. The second-order valence-corrected chi connectivity index (χ2v) is 10.7. The van der Waals surface area contributed by atoms with Crippen LogP contribution in [0.4, 0.5) is 14.9 Å². The number of ether oxygens (including phenoxy) is 1. The normalized spacial score (nSPS) is 13.2. The fourth-order valence-electron chi connectivity index (χ4n) is 5.11. The first-order chi connectivity index (χ1) is 21.1. The molecule has 0 fully saturated rings. The molecule has 0 atom stereocenters. The molecule has 2 aromatic rings. The Morgan fingerprint density at radius 3 is 2.50 bits per heavy atom. The van der Waals surface area contributed by atoms with Crippen LogP contribution >= 0.6 is 0 Å². The number of H-pyrrole nitrogens is 1. The Morgan fingerprint density at radius 2 is 1.80 bits per heavy atom. The number of imide groups is 1. The third-order valence-corrected chi connectivity index (χ3v) is 7.70. The summed E-state index contributed by atoms with van der Waals surface area (Å²) in [4.78, 5) is 57.5. The Hall–Kier alpha value is -4.03. The lowest BCUT2D eigenvalue weighted by molar-refractivity contribution is -0.121. The fraction of sp³-hybridized carbons (Fsp3) is 0.500. The highest BCUT2D eigenvalue weighted by Gasteiger charge is 2.30. The number of aliphatic hydroxyl groups is 1. The van der Waals surface area contributed by atoms with E-state index in [0.717, 1.165) is 37.3 Å². The van der Waals surface area contributed by atoms with Gasteiger partial charge in [0.05, 0.1) is 24.4 Å². The summed E-state index contributed by atoms with van der Waals surface area (Å²) in [6, 6.07) is 4.07. The number of aromatic amines is 1. The molecule has 3 rings (SSSR count). The predicted molar refractivity (Wildman–Crippen MR) is 167 cm³/mol. The van der Waals surface area contributed by atoms with Crippen LogP contribution in [0.1, 0.15) is 78.8 Å². The van der Waals surface area contributed by atoms with Crippen LogP contribution in [0.15, 0.2) is 18.2 Å². The molecule has 1 aliphatic rings. The largest absolute Gasteiger partial charge is 0.449 e. The second-order valence-electron chi connectivity index (χ2n) is 10.7. The Bertz CT molecular complexity index is 1370. The number of hydrogen-bond acceptors (Lipinski definition) is 7. The topological polar surface area (TPSA) is 144 Å². The van der Waals surface area contributed by atoms with Gasteiger partial charge in [-0.05, 0) is 76.0 Å². The Balaban J connectivity index is 1.70. The summed E-state index contributed by atoms with van der Waals surface area (Å²) in [5.41, 5.74) is 3.13. The molecule has 44 heavy (non-hydrogen) atoms. The van der Waals surface area contributed by atoms with Crippen molar-refractivity contribution < 1.29 is 33.4 Å². The summed E-state index contributed by atoms with van der Waals surface area (Å²) in [7, 11) is 0. The van der Waals surface area contributed by atoms with Crippen molar-refractivity contribution in [2.24, 2.45) is 0 Å². The van der Waals surface area contributed by atoms with Gasteiger partial charge in [-0.3, -0.25) is 14.4 Å². The lowest BCUT2D eigenvalue weighted by Gasteiger charge is -2.25. The van der Waals surface area contributed by atoms with E-state index in [2.05, 4.69) is 20.5 Å². The SMILES string of the molecule is CCN(CC)CCN(C(=O)OCCCCCCNC(=O)CCO)C(=O)c1c(C)[nH]c(/C=C2\C(=O)Nc3ccc(F)cc32)c1C. The van der Waals surface area contributed by atoms with Crippen molar-refractivity contribution in [3.05, 3.63) is 52.1 Å². The Kier molecular flexibility index (Phi) is 13.1. The van der Waals surface area contributed by atoms with Crippen LogP contribution in [0.3, 0.4) is 0 Å². The van der Waals surface area contributed by atoms with E-state index in [1.807, 2.05) is 13.8 Å². The average molecular weight is 614 g/mol. The van der Waals surface area contributed by atoms with Gasteiger partial charge < -0.3 is 30.4 Å². The van der Waals surface area contributed by atoms with E-state index >= 15 is 0 Å². The van der Waals surface area contributed by atoms with Gasteiger partial charge in [0.2, 0.25) is 5.91 Å². The molecule has 1 aromatic heterocycles. The van der Waals surface area contributed by atoms with Gasteiger partial charge in [0.15, 0.2) is 0 Å². The first-order valence-corrected chi connectivity index (χ1v) is 15.2. The van der Waals surface area contributed by atoms with E-state index in [4.69, 9.17) is 9.84 Å². The van der Waals surface area contributed by atoms with Crippen LogP contribution < -0.4 is 10.6 Å². The number of aromatic nitrogens is 1. The number of nitrogens with zero attached hydrogens (tertiary/aromatic N) is 2. The van der Waals surface area contributed by atoms with Gasteiger partial charge in [0, 0.05) is 48.7 Å². The van der Waals surface area contributed by atoms with Crippen LogP contribution in [0.25, 0.3) is 11.6 Å². The summed E-state index contributed by atoms with van der Waals surface area (Å²) in [6.07, 6.45) is 3.95. The van der Waals surface area contributed by atoms with Gasteiger partial charge in [0.1, 0.15) is 5.82 Å². The van der Waals surface area contributed by atoms with Crippen molar-refractivity contribution in [3.63, 3.8) is 0 Å². The predicted octanol–water partition coefficient (Wildman–Crippen LogP) is 4.24. The number of amides is 4. The van der Waals surface area contributed by atoms with Gasteiger partial charge >= 0.3 is 6.09 Å². The standard InChI is InChI=1S/C32H44FN5O6/c1-5-37(6-2)15-16-38(32(43)44-18-10-8-7-9-14-34-28(40)13-17-39)31(42)29-21(3)27(35-22(29)4)20-25-24-19-23(33)11-12-26(24)36-30(25)41/h11-12,19-20,35,39H,5-10,13-18H2,1-4H3,(H,34,40)(H,36,41)/b25-20-. The molecule has 1 aliphatic heterocycles. The van der Waals surface area contributed by atoms with Crippen LogP contribution in [-0.2, 0) is 14.3 Å². The van der Waals surface area contributed by atoms with Gasteiger partial charge in [-0.1, -0.05) is 20.3 Å². The summed E-state index contributed by atoms with van der Waals surface area (Å²) in [6.45, 7) is 10.1. The van der Waals surface area contributed by atoms with Crippen molar-refractivity contribution in [2.75, 3.05) is 51.3 Å². The van der Waals surface area contributed by atoms with Crippen molar-refractivity contribution in [3.8, 4) is 0 Å². The zero-order chi connectivity index (χ0) is 32.2. The highest BCUT2D eigenvalue weighted by atomic mass is 19.1. The Labute approximate surface area is 257 Å². The summed E-state index contributed by atoms with van der Waals surface area (Å²) >= 11 is 0. The Morgan fingerprint density at radius 1 is 1.07 bits per heavy atom. The number of hydrogen-bond donors (Lipinski definition) is 4. The molecule has 240 valence electrons. The lowest BCUT2D eigenvalue weighted by atomic mass is 10.0. The molecule has 0 bridgehead atoms. The monoisotopic (exact) mass is 613 g/mol. The first kappa shape index (κ1) is 34.5. The smallest absolute Gasteiger partial charge is 0.416 e. The molecule has 0 spiro atoms. The number of nitrogens with one attached hydrogen (secondary N) is 3. The molecule has 0 saturated carbocycles. The molecule has 0 radical (unpaired) electrons. The van der Waals surface area contributed by atoms with Crippen molar-refractivity contribution in [1.82, 2.24) is 20.1 Å². The first-order valence-electron chi connectivity index (χ1n) is 15.2. The van der Waals surface area contributed by atoms with Gasteiger partial charge in [-0.2, -0.15) is 0 Å². The summed E-state index contributed by atoms with van der Waals surface area (Å²) in [5, 5.41) is 14.2. The van der Waals surface area contributed by atoms with E-state index < -0.39 is 17.8 Å². The number of unbranched alkanes of at least 4 members (excludes halogenated alkanes) is 3. The molecule has 4 N–H and O–H groups in total. The fourth-order valence-corrected chi connectivity index (χ4v) is 5.11. The highest BCUT2D eigenvalue weighted by molar-refractivity contribution is 6.35. The summed E-state index contributed by atoms with van der Waals surface area (Å²) in [5.74, 6) is -1.52. The molecule has 2 heterocycles. The number of carbonyl (C=O) groups is 4. The van der Waals surface area contributed by atoms with Gasteiger partial charge in [0.25, 0.3) is 11.8 Å². The molecule has 12 heteroatoms. The number of benzene rings is 1. The third-order valence-electron chi connectivity index (χ3n) is 7.70. The van der Waals surface area contributed by atoms with Crippen molar-refractivity contribution in [2.45, 2.75) is 59.8 Å². The number of anilines is 1. The van der Waals surface area contributed by atoms with Crippen LogP contribution in [0.2, 0.25) is 0 Å². The van der Waals surface area contributed by atoms with Crippen molar-refractivity contribution in [1.29, 1.82) is 0 Å². The van der Waals surface area contributed by atoms with Crippen LogP contribution in [0, 0.1) is 19.7 Å². The molecule has 0 saturated heterocycles. The van der Waals surface area contributed by atoms with Gasteiger partial charge in [-0.25, -0.2) is 14.1 Å². The molecule has 4 amide bonds. The van der Waals surface area contributed by atoms with Crippen molar-refractivity contribution >= 4 is 41.2 Å². The molecule has 0 aliphatic carbocycles. The highest BCUT2D eigenvalue weighted by Crippen LogP contribution is 2.34. The summed E-state index contributed by atoms with van der Waals surface area (Å²) < 4.78 is 19.5. The van der Waals surface area contributed by atoms with E-state index in [1.165, 1.54) is 18.2 Å². The number of fused-ring (bicyclic) bond motifs is 1. The number of aliphatic hydroxyl groups excluding tert-OH is 1. The number of halogens is 1. The number of aryl methyl sites for hydroxylation is 1. The quantitative estimate of drug-likeness (QED) is 0.164. The van der Waals surface area contributed by atoms with E-state index in [0.29, 0.717) is 53.3 Å². The van der Waals surface area contributed by atoms with E-state index in [9.17, 15) is 23.6 Å². The second kappa shape index (κ2) is 16.7. The number of carbonyl (C=O) groups excluding carboxylic acids is 4. The van der Waals surface area contributed by atoms with Gasteiger partial charge in [-0.15, -0.1) is 0 Å². The molecular weight excluding hydrogens is 569 g/mol. The minimum Gasteiger partial charge on any atom is -0.449 e. The maximum absolute atomic E-state index is 13.9. The van der Waals surface area contributed by atoms with Crippen LogP contribution in [-0.4, -0.2) is 89.6 Å². The molecule has 0 unspecified atom stereocenters. The van der Waals surface area contributed by atoms with Crippen LogP contribution in [0.5, 0.6) is 0 Å². The van der Waals surface area contributed by atoms with E-state index in [-0.39, 0.29) is 43.6 Å². The zero-order valence-corrected chi connectivity index (χ0v) is 26.1. The third kappa shape index (κ3) is 8.99. The maximum atomic E-state index is 13.9. The lowest BCUT2D eigenvalue weighted by Crippen LogP contribution is -2.43. The minimum atomic E-state index is -0.724. The average Bonchev–Trinajstić information content (AvgIpc) is 3.45. The number of likely N-dealkylation sites (N-methyl/N-ethyl adjacent to an activating group) is 1. The minimum absolute atomic E-state index is 0.0905.